The van der Waals surface area contributed by atoms with E-state index >= 15 is 0 Å². The van der Waals surface area contributed by atoms with Crippen molar-refractivity contribution in [1.29, 1.82) is 5.26 Å². The predicted molar refractivity (Wildman–Crippen MR) is 46.2 cm³/mol. The van der Waals surface area contributed by atoms with Crippen molar-refractivity contribution in [2.24, 2.45) is 0 Å². The van der Waals surface area contributed by atoms with Gasteiger partial charge in [-0.1, -0.05) is 6.08 Å². The zero-order valence-electron chi connectivity index (χ0n) is 7.75. The molecule has 0 aliphatic carbocycles. The second-order valence-electron chi connectivity index (χ2n) is 1.98. The summed E-state index contributed by atoms with van der Waals surface area (Å²) in [5, 5.41) is 9.16. The van der Waals surface area contributed by atoms with Crippen molar-refractivity contribution in [3.63, 3.8) is 0 Å². The fourth-order valence-corrected chi connectivity index (χ4v) is 2.54. The summed E-state index contributed by atoms with van der Waals surface area (Å²) in [6.07, 6.45) is 1.64. The molecule has 0 aliphatic heterocycles. The van der Waals surface area contributed by atoms with Crippen LogP contribution in [-0.2, 0) is 13.3 Å². The van der Waals surface area contributed by atoms with Crippen LogP contribution in [0.3, 0.4) is 0 Å². The molecule has 4 nitrogen and oxygen atoms in total. The minimum atomic E-state index is -2.85. The maximum absolute atomic E-state index is 8.73. The Hall–Kier alpha value is -0.673. The quantitative estimate of drug-likeness (QED) is 0.484. The molecule has 0 spiro atoms. The van der Waals surface area contributed by atoms with Crippen molar-refractivity contribution in [1.82, 2.24) is 0 Å². The fraction of sp³-hybridized carbons (Fsp3) is 0.571. The van der Waals surface area contributed by atoms with Gasteiger partial charge in [0.25, 0.3) is 0 Å². The Balaban J connectivity index is 4.84. The third-order valence-corrected chi connectivity index (χ3v) is 4.22. The maximum atomic E-state index is 8.73. The van der Waals surface area contributed by atoms with E-state index in [4.69, 9.17) is 18.5 Å². The topological polar surface area (TPSA) is 51.5 Å². The SMILES string of the molecule is CC=C(C#N)[Si](OC)(OC)OC. The van der Waals surface area contributed by atoms with Crippen molar-refractivity contribution >= 4 is 8.80 Å². The van der Waals surface area contributed by atoms with Gasteiger partial charge in [0.2, 0.25) is 0 Å². The lowest BCUT2D eigenvalue weighted by Crippen LogP contribution is -2.45. The Bertz CT molecular complexity index is 197. The van der Waals surface area contributed by atoms with Crippen LogP contribution in [0.2, 0.25) is 0 Å². The summed E-state index contributed by atoms with van der Waals surface area (Å²) in [5.74, 6) is 0. The van der Waals surface area contributed by atoms with E-state index in [0.29, 0.717) is 5.20 Å². The average Bonchev–Trinajstić information content (AvgIpc) is 2.14. The second-order valence-corrected chi connectivity index (χ2v) is 4.86. The number of allylic oxidation sites excluding steroid dienone is 2. The third kappa shape index (κ3) is 1.93. The van der Waals surface area contributed by atoms with E-state index in [0.717, 1.165) is 0 Å². The van der Waals surface area contributed by atoms with E-state index < -0.39 is 8.80 Å². The molecule has 0 saturated heterocycles. The Morgan fingerprint density at radius 3 is 1.75 bits per heavy atom. The van der Waals surface area contributed by atoms with Crippen LogP contribution in [-0.4, -0.2) is 30.1 Å². The first kappa shape index (κ1) is 11.3. The van der Waals surface area contributed by atoms with E-state index in [2.05, 4.69) is 0 Å². The molecule has 0 amide bonds. The lowest BCUT2D eigenvalue weighted by atomic mass is 10.6. The molecule has 0 aromatic carbocycles. The molecule has 0 radical (unpaired) electrons. The number of nitrogens with zero attached hydrogens (tertiary/aromatic N) is 1. The van der Waals surface area contributed by atoms with Gasteiger partial charge in [0.1, 0.15) is 0 Å². The third-order valence-electron chi connectivity index (χ3n) is 1.55. The van der Waals surface area contributed by atoms with Crippen molar-refractivity contribution < 1.29 is 13.3 Å². The molecule has 68 valence electrons. The van der Waals surface area contributed by atoms with Gasteiger partial charge < -0.3 is 13.3 Å². The molecule has 0 saturated carbocycles. The molecule has 5 heteroatoms. The van der Waals surface area contributed by atoms with E-state index in [1.165, 1.54) is 21.3 Å². The standard InChI is InChI=1S/C7H13NO3Si/c1-5-7(6-8)12(9-2,10-3)11-4/h5H,1-4H3. The average molecular weight is 187 g/mol. The number of nitriles is 1. The predicted octanol–water partition coefficient (Wildman–Crippen LogP) is 0.874. The molecule has 0 N–H and O–H groups in total. The Labute approximate surface area is 73.7 Å². The highest BCUT2D eigenvalue weighted by Gasteiger charge is 2.43. The zero-order chi connectivity index (χ0) is 9.61. The molecule has 0 aromatic rings. The van der Waals surface area contributed by atoms with E-state index in [1.807, 2.05) is 6.07 Å². The van der Waals surface area contributed by atoms with Gasteiger partial charge in [0.05, 0.1) is 11.3 Å². The van der Waals surface area contributed by atoms with Gasteiger partial charge in [-0.3, -0.25) is 0 Å². The van der Waals surface area contributed by atoms with Gasteiger partial charge in [-0.15, -0.1) is 0 Å². The lowest BCUT2D eigenvalue weighted by Gasteiger charge is -2.22. The summed E-state index contributed by atoms with van der Waals surface area (Å²) in [7, 11) is 1.57. The minimum Gasteiger partial charge on any atom is -0.373 e. The summed E-state index contributed by atoms with van der Waals surface area (Å²) in [5.41, 5.74) is 0. The van der Waals surface area contributed by atoms with Crippen LogP contribution >= 0.6 is 0 Å². The van der Waals surface area contributed by atoms with Crippen molar-refractivity contribution in [3.05, 3.63) is 11.3 Å². The highest BCUT2D eigenvalue weighted by molar-refractivity contribution is 6.69. The van der Waals surface area contributed by atoms with Crippen LogP contribution in [0.5, 0.6) is 0 Å². The van der Waals surface area contributed by atoms with Crippen LogP contribution in [0.1, 0.15) is 6.92 Å². The first-order valence-corrected chi connectivity index (χ1v) is 5.15. The van der Waals surface area contributed by atoms with Crippen molar-refractivity contribution in [2.75, 3.05) is 21.3 Å². The Kier molecular flexibility index (Phi) is 4.77. The van der Waals surface area contributed by atoms with Crippen LogP contribution in [0.25, 0.3) is 0 Å². The first-order valence-electron chi connectivity index (χ1n) is 3.43. The van der Waals surface area contributed by atoms with E-state index in [-0.39, 0.29) is 0 Å². The molecular formula is C7H13NO3Si. The van der Waals surface area contributed by atoms with Gasteiger partial charge in [-0.05, 0) is 6.92 Å². The highest BCUT2D eigenvalue weighted by atomic mass is 28.4. The van der Waals surface area contributed by atoms with Gasteiger partial charge in [-0.25, -0.2) is 0 Å². The molecule has 0 heterocycles. The van der Waals surface area contributed by atoms with Gasteiger partial charge in [-0.2, -0.15) is 5.26 Å². The molecule has 0 fully saturated rings. The lowest BCUT2D eigenvalue weighted by molar-refractivity contribution is 0.136. The number of hydrogen-bond donors (Lipinski definition) is 0. The molecule has 0 rings (SSSR count). The highest BCUT2D eigenvalue weighted by Crippen LogP contribution is 2.16. The van der Waals surface area contributed by atoms with E-state index in [9.17, 15) is 0 Å². The minimum absolute atomic E-state index is 0.426. The summed E-state index contributed by atoms with van der Waals surface area (Å²) in [6, 6.07) is 1.99. The van der Waals surface area contributed by atoms with Crippen LogP contribution in [0.15, 0.2) is 11.3 Å². The molecule has 0 bridgehead atoms. The van der Waals surface area contributed by atoms with Crippen LogP contribution in [0, 0.1) is 11.3 Å². The molecule has 0 aliphatic rings. The molecule has 0 aromatic heterocycles. The first-order chi connectivity index (χ1) is 5.70. The normalized spacial score (nSPS) is 12.8. The van der Waals surface area contributed by atoms with E-state index in [1.54, 1.807) is 13.0 Å². The van der Waals surface area contributed by atoms with Crippen molar-refractivity contribution in [2.45, 2.75) is 6.92 Å². The van der Waals surface area contributed by atoms with Crippen molar-refractivity contribution in [3.8, 4) is 6.07 Å². The van der Waals surface area contributed by atoms with Gasteiger partial charge >= 0.3 is 8.80 Å². The van der Waals surface area contributed by atoms with Crippen LogP contribution in [0.4, 0.5) is 0 Å². The number of hydrogen-bond acceptors (Lipinski definition) is 4. The molecular weight excluding hydrogens is 174 g/mol. The number of rotatable bonds is 4. The van der Waals surface area contributed by atoms with Gasteiger partial charge in [0, 0.05) is 21.3 Å². The molecule has 0 unspecified atom stereocenters. The molecule has 0 atom stereocenters. The summed E-state index contributed by atoms with van der Waals surface area (Å²) in [6.45, 7) is 1.75. The van der Waals surface area contributed by atoms with Crippen LogP contribution < -0.4 is 0 Å². The largest absolute Gasteiger partial charge is 0.547 e. The second kappa shape index (κ2) is 5.06. The fourth-order valence-electron chi connectivity index (χ4n) is 0.890. The molecule has 12 heavy (non-hydrogen) atoms. The Morgan fingerprint density at radius 1 is 1.25 bits per heavy atom. The smallest absolute Gasteiger partial charge is 0.373 e. The monoisotopic (exact) mass is 187 g/mol. The maximum Gasteiger partial charge on any atom is 0.547 e. The van der Waals surface area contributed by atoms with Gasteiger partial charge in [0.15, 0.2) is 0 Å². The summed E-state index contributed by atoms with van der Waals surface area (Å²) < 4.78 is 15.3. The summed E-state index contributed by atoms with van der Waals surface area (Å²) >= 11 is 0. The Morgan fingerprint density at radius 2 is 1.67 bits per heavy atom. The summed E-state index contributed by atoms with van der Waals surface area (Å²) in [4.78, 5) is 0. The zero-order valence-corrected chi connectivity index (χ0v) is 8.75.